The first-order chi connectivity index (χ1) is 6.18. The fourth-order valence-corrected chi connectivity index (χ4v) is 1.90. The maximum absolute atomic E-state index is 5.73. The van der Waals surface area contributed by atoms with Crippen LogP contribution < -0.4 is 0 Å². The van der Waals surface area contributed by atoms with E-state index in [1.807, 2.05) is 0 Å². The van der Waals surface area contributed by atoms with E-state index in [4.69, 9.17) is 4.74 Å². The Kier molecular flexibility index (Phi) is 4.79. The van der Waals surface area contributed by atoms with Crippen molar-refractivity contribution in [1.29, 1.82) is 0 Å². The molecule has 1 fully saturated rings. The molecule has 78 valence electrons. The largest absolute Gasteiger partial charge is 0.378 e. The predicted molar refractivity (Wildman–Crippen MR) is 56.8 cm³/mol. The molecule has 0 N–H and O–H groups in total. The highest BCUT2D eigenvalue weighted by Crippen LogP contribution is 2.23. The third-order valence-corrected chi connectivity index (χ3v) is 2.89. The van der Waals surface area contributed by atoms with Crippen LogP contribution >= 0.6 is 0 Å². The van der Waals surface area contributed by atoms with Crippen LogP contribution in [0, 0.1) is 11.8 Å². The average molecular weight is 184 g/mol. The van der Waals surface area contributed by atoms with Gasteiger partial charge in [0.25, 0.3) is 0 Å². The maximum Gasteiger partial charge on any atom is 0.0575 e. The first-order valence-corrected chi connectivity index (χ1v) is 5.80. The summed E-state index contributed by atoms with van der Waals surface area (Å²) in [4.78, 5) is 0. The molecule has 0 aromatic heterocycles. The summed E-state index contributed by atoms with van der Waals surface area (Å²) < 4.78 is 5.73. The standard InChI is InChI=1S/C12H24O/c1-10(2)9-11(3)7-8-13-12-5-4-6-12/h10-12H,4-9H2,1-3H3/t11-/m0/s1. The Morgan fingerprint density at radius 3 is 2.38 bits per heavy atom. The molecular formula is C12H24O. The molecule has 1 rings (SSSR count). The minimum Gasteiger partial charge on any atom is -0.378 e. The Bertz CT molecular complexity index is 127. The minimum absolute atomic E-state index is 0.617. The van der Waals surface area contributed by atoms with E-state index in [1.54, 1.807) is 0 Å². The number of hydrogen-bond acceptors (Lipinski definition) is 1. The van der Waals surface area contributed by atoms with Gasteiger partial charge in [-0.2, -0.15) is 0 Å². The normalized spacial score (nSPS) is 20.3. The molecule has 0 aromatic rings. The van der Waals surface area contributed by atoms with E-state index in [9.17, 15) is 0 Å². The summed E-state index contributed by atoms with van der Waals surface area (Å²) in [5, 5.41) is 0. The van der Waals surface area contributed by atoms with Gasteiger partial charge in [0.15, 0.2) is 0 Å². The van der Waals surface area contributed by atoms with Crippen LogP contribution in [-0.2, 0) is 4.74 Å². The quantitative estimate of drug-likeness (QED) is 0.612. The molecule has 0 unspecified atom stereocenters. The first-order valence-electron chi connectivity index (χ1n) is 5.80. The van der Waals surface area contributed by atoms with E-state index >= 15 is 0 Å². The van der Waals surface area contributed by atoms with Crippen LogP contribution in [0.1, 0.15) is 52.9 Å². The van der Waals surface area contributed by atoms with E-state index in [2.05, 4.69) is 20.8 Å². The summed E-state index contributed by atoms with van der Waals surface area (Å²) >= 11 is 0. The Morgan fingerprint density at radius 2 is 1.92 bits per heavy atom. The highest BCUT2D eigenvalue weighted by Gasteiger charge is 2.17. The van der Waals surface area contributed by atoms with Gasteiger partial charge in [-0.15, -0.1) is 0 Å². The lowest BCUT2D eigenvalue weighted by atomic mass is 9.95. The SMILES string of the molecule is CC(C)C[C@@H](C)CCOC1CCC1. The van der Waals surface area contributed by atoms with Gasteiger partial charge in [0, 0.05) is 6.61 Å². The molecule has 0 saturated heterocycles. The zero-order valence-electron chi connectivity index (χ0n) is 9.38. The smallest absolute Gasteiger partial charge is 0.0575 e. The van der Waals surface area contributed by atoms with Crippen molar-refractivity contribution in [2.45, 2.75) is 59.0 Å². The minimum atomic E-state index is 0.617. The highest BCUT2D eigenvalue weighted by atomic mass is 16.5. The number of hydrogen-bond donors (Lipinski definition) is 0. The Labute approximate surface area is 82.9 Å². The van der Waals surface area contributed by atoms with Crippen LogP contribution in [0.15, 0.2) is 0 Å². The topological polar surface area (TPSA) is 9.23 Å². The van der Waals surface area contributed by atoms with Crippen molar-refractivity contribution in [2.75, 3.05) is 6.61 Å². The van der Waals surface area contributed by atoms with E-state index in [-0.39, 0.29) is 0 Å². The zero-order valence-corrected chi connectivity index (χ0v) is 9.38. The summed E-state index contributed by atoms with van der Waals surface area (Å²) in [6, 6.07) is 0. The van der Waals surface area contributed by atoms with E-state index < -0.39 is 0 Å². The van der Waals surface area contributed by atoms with Gasteiger partial charge in [-0.25, -0.2) is 0 Å². The second-order valence-electron chi connectivity index (χ2n) is 4.95. The van der Waals surface area contributed by atoms with Crippen LogP contribution in [0.5, 0.6) is 0 Å². The van der Waals surface area contributed by atoms with Gasteiger partial charge < -0.3 is 4.74 Å². The third-order valence-electron chi connectivity index (χ3n) is 2.89. The lowest BCUT2D eigenvalue weighted by molar-refractivity contribution is -0.00366. The summed E-state index contributed by atoms with van der Waals surface area (Å²) in [6.45, 7) is 7.91. The van der Waals surface area contributed by atoms with Gasteiger partial charge in [0.05, 0.1) is 6.10 Å². The Hall–Kier alpha value is -0.0400. The molecule has 1 saturated carbocycles. The van der Waals surface area contributed by atoms with Gasteiger partial charge in [0.1, 0.15) is 0 Å². The van der Waals surface area contributed by atoms with Gasteiger partial charge in [-0.05, 0) is 43.9 Å². The van der Waals surface area contributed by atoms with E-state index in [1.165, 1.54) is 32.1 Å². The van der Waals surface area contributed by atoms with Crippen LogP contribution in [0.2, 0.25) is 0 Å². The van der Waals surface area contributed by atoms with Crippen molar-refractivity contribution >= 4 is 0 Å². The molecule has 1 atom stereocenters. The lowest BCUT2D eigenvalue weighted by Crippen LogP contribution is -2.22. The van der Waals surface area contributed by atoms with Gasteiger partial charge >= 0.3 is 0 Å². The summed E-state index contributed by atoms with van der Waals surface area (Å²) in [6.07, 6.45) is 7.19. The van der Waals surface area contributed by atoms with Crippen LogP contribution in [0.3, 0.4) is 0 Å². The Balaban J connectivity index is 1.91. The second kappa shape index (κ2) is 5.64. The van der Waals surface area contributed by atoms with E-state index in [0.717, 1.165) is 18.4 Å². The van der Waals surface area contributed by atoms with Crippen molar-refractivity contribution in [3.8, 4) is 0 Å². The molecule has 1 aliphatic rings. The van der Waals surface area contributed by atoms with Crippen LogP contribution in [0.25, 0.3) is 0 Å². The van der Waals surface area contributed by atoms with Crippen molar-refractivity contribution in [1.82, 2.24) is 0 Å². The molecule has 0 radical (unpaired) electrons. The molecule has 13 heavy (non-hydrogen) atoms. The van der Waals surface area contributed by atoms with Crippen LogP contribution in [0.4, 0.5) is 0 Å². The number of ether oxygens (including phenoxy) is 1. The molecule has 1 aliphatic carbocycles. The average Bonchev–Trinajstić information content (AvgIpc) is 1.92. The van der Waals surface area contributed by atoms with Crippen molar-refractivity contribution in [3.05, 3.63) is 0 Å². The summed E-state index contributed by atoms with van der Waals surface area (Å²) in [5.41, 5.74) is 0. The molecule has 0 spiro atoms. The molecule has 1 heteroatoms. The van der Waals surface area contributed by atoms with Gasteiger partial charge in [-0.1, -0.05) is 20.8 Å². The molecule has 0 aromatic carbocycles. The predicted octanol–water partition coefficient (Wildman–Crippen LogP) is 3.63. The number of rotatable bonds is 6. The highest BCUT2D eigenvalue weighted by molar-refractivity contribution is 4.69. The molecule has 0 bridgehead atoms. The van der Waals surface area contributed by atoms with Crippen molar-refractivity contribution in [3.63, 3.8) is 0 Å². The second-order valence-corrected chi connectivity index (χ2v) is 4.95. The molecule has 1 nitrogen and oxygen atoms in total. The zero-order chi connectivity index (χ0) is 9.68. The Morgan fingerprint density at radius 1 is 1.23 bits per heavy atom. The van der Waals surface area contributed by atoms with Crippen molar-refractivity contribution in [2.24, 2.45) is 11.8 Å². The maximum atomic E-state index is 5.73. The summed E-state index contributed by atoms with van der Waals surface area (Å²) in [7, 11) is 0. The fourth-order valence-electron chi connectivity index (χ4n) is 1.90. The lowest BCUT2D eigenvalue weighted by Gasteiger charge is -2.26. The van der Waals surface area contributed by atoms with Gasteiger partial charge in [-0.3, -0.25) is 0 Å². The monoisotopic (exact) mass is 184 g/mol. The molecular weight excluding hydrogens is 160 g/mol. The third kappa shape index (κ3) is 4.66. The fraction of sp³-hybridized carbons (Fsp3) is 1.00. The van der Waals surface area contributed by atoms with Gasteiger partial charge in [0.2, 0.25) is 0 Å². The van der Waals surface area contributed by atoms with Crippen LogP contribution in [-0.4, -0.2) is 12.7 Å². The molecule has 0 amide bonds. The van der Waals surface area contributed by atoms with Crippen molar-refractivity contribution < 1.29 is 4.74 Å². The molecule has 0 heterocycles. The first kappa shape index (κ1) is 11.0. The summed E-state index contributed by atoms with van der Waals surface area (Å²) in [5.74, 6) is 1.67. The molecule has 0 aliphatic heterocycles. The van der Waals surface area contributed by atoms with E-state index in [0.29, 0.717) is 6.10 Å².